The van der Waals surface area contributed by atoms with Crippen LogP contribution in [0, 0.1) is 0 Å². The highest BCUT2D eigenvalue weighted by Crippen LogP contribution is 2.36. The Kier molecular flexibility index (Phi) is 4.26. The van der Waals surface area contributed by atoms with Crippen molar-refractivity contribution in [1.29, 1.82) is 0 Å². The van der Waals surface area contributed by atoms with Crippen LogP contribution in [0.1, 0.15) is 39.2 Å². The van der Waals surface area contributed by atoms with Gasteiger partial charge in [0.2, 0.25) is 0 Å². The van der Waals surface area contributed by atoms with Crippen molar-refractivity contribution in [2.24, 2.45) is 5.73 Å². The van der Waals surface area contributed by atoms with Crippen molar-refractivity contribution in [3.63, 3.8) is 0 Å². The van der Waals surface area contributed by atoms with Crippen LogP contribution in [0.3, 0.4) is 0 Å². The SMILES string of the molecule is CC(C)(C)OC(=O)N1C2CCC1CN(c1ccc3c(c1)OCC(N)C3)C2. The third-order valence-electron chi connectivity index (χ3n) is 5.44. The van der Waals surface area contributed by atoms with Crippen molar-refractivity contribution in [2.45, 2.75) is 63.8 Å². The van der Waals surface area contributed by atoms with Gasteiger partial charge in [0.15, 0.2) is 0 Å². The first-order valence-electron chi connectivity index (χ1n) is 9.58. The summed E-state index contributed by atoms with van der Waals surface area (Å²) >= 11 is 0. The molecule has 1 amide bonds. The molecule has 3 heterocycles. The van der Waals surface area contributed by atoms with Crippen LogP contribution in [-0.4, -0.2) is 54.4 Å². The molecule has 4 rings (SSSR count). The Bertz CT molecular complexity index is 686. The number of nitrogens with two attached hydrogens (primary N) is 1. The molecule has 142 valence electrons. The van der Waals surface area contributed by atoms with E-state index in [0.29, 0.717) is 6.61 Å². The van der Waals surface area contributed by atoms with Gasteiger partial charge in [-0.25, -0.2) is 4.79 Å². The van der Waals surface area contributed by atoms with Gasteiger partial charge in [0.25, 0.3) is 0 Å². The normalized spacial score (nSPS) is 27.8. The number of hydrogen-bond acceptors (Lipinski definition) is 5. The highest BCUT2D eigenvalue weighted by Gasteiger charge is 2.44. The number of piperazine rings is 1. The van der Waals surface area contributed by atoms with Crippen molar-refractivity contribution in [2.75, 3.05) is 24.6 Å². The average molecular weight is 359 g/mol. The van der Waals surface area contributed by atoms with Crippen LogP contribution in [0.25, 0.3) is 0 Å². The van der Waals surface area contributed by atoms with Crippen LogP contribution in [0.5, 0.6) is 5.75 Å². The van der Waals surface area contributed by atoms with E-state index in [9.17, 15) is 4.79 Å². The summed E-state index contributed by atoms with van der Waals surface area (Å²) in [5.41, 5.74) is 7.87. The van der Waals surface area contributed by atoms with E-state index in [2.05, 4.69) is 23.1 Å². The highest BCUT2D eigenvalue weighted by molar-refractivity contribution is 5.70. The van der Waals surface area contributed by atoms with E-state index in [1.807, 2.05) is 25.7 Å². The number of hydrogen-bond donors (Lipinski definition) is 1. The molecule has 0 spiro atoms. The maximum atomic E-state index is 12.6. The first-order valence-corrected chi connectivity index (χ1v) is 9.58. The van der Waals surface area contributed by atoms with Gasteiger partial charge >= 0.3 is 6.09 Å². The Morgan fingerprint density at radius 3 is 2.58 bits per heavy atom. The third kappa shape index (κ3) is 3.34. The van der Waals surface area contributed by atoms with E-state index in [4.69, 9.17) is 15.2 Å². The highest BCUT2D eigenvalue weighted by atomic mass is 16.6. The van der Waals surface area contributed by atoms with Gasteiger partial charge in [0, 0.05) is 30.9 Å². The second-order valence-electron chi connectivity index (χ2n) is 8.74. The number of amides is 1. The topological polar surface area (TPSA) is 68.0 Å². The predicted molar refractivity (Wildman–Crippen MR) is 101 cm³/mol. The maximum Gasteiger partial charge on any atom is 0.410 e. The molecule has 2 saturated heterocycles. The number of fused-ring (bicyclic) bond motifs is 3. The van der Waals surface area contributed by atoms with Crippen LogP contribution in [0.15, 0.2) is 18.2 Å². The average Bonchev–Trinajstić information content (AvgIpc) is 2.83. The van der Waals surface area contributed by atoms with Gasteiger partial charge in [-0.3, -0.25) is 4.90 Å². The van der Waals surface area contributed by atoms with Crippen molar-refractivity contribution >= 4 is 11.8 Å². The molecule has 6 heteroatoms. The quantitative estimate of drug-likeness (QED) is 0.835. The molecule has 2 N–H and O–H groups in total. The summed E-state index contributed by atoms with van der Waals surface area (Å²) in [7, 11) is 0. The van der Waals surface area contributed by atoms with E-state index >= 15 is 0 Å². The second-order valence-corrected chi connectivity index (χ2v) is 8.74. The number of nitrogens with zero attached hydrogens (tertiary/aromatic N) is 2. The number of anilines is 1. The number of rotatable bonds is 1. The van der Waals surface area contributed by atoms with Crippen LogP contribution in [0.2, 0.25) is 0 Å². The van der Waals surface area contributed by atoms with Crippen LogP contribution in [0.4, 0.5) is 10.5 Å². The lowest BCUT2D eigenvalue weighted by Crippen LogP contribution is -2.56. The minimum atomic E-state index is -0.454. The van der Waals surface area contributed by atoms with E-state index < -0.39 is 5.60 Å². The molecule has 0 aromatic heterocycles. The molecule has 3 unspecified atom stereocenters. The number of ether oxygens (including phenoxy) is 2. The standard InChI is InChI=1S/C20H29N3O3/c1-20(2,3)26-19(24)23-16-6-7-17(23)11-22(10-16)15-5-4-13-8-14(21)12-25-18(13)9-15/h4-5,9,14,16-17H,6-8,10-12,21H2,1-3H3. The Morgan fingerprint density at radius 1 is 1.23 bits per heavy atom. The summed E-state index contributed by atoms with van der Waals surface area (Å²) in [5, 5.41) is 0. The van der Waals surface area contributed by atoms with Crippen LogP contribution in [-0.2, 0) is 11.2 Å². The lowest BCUT2D eigenvalue weighted by atomic mass is 10.0. The van der Waals surface area contributed by atoms with Crippen molar-refractivity contribution < 1.29 is 14.3 Å². The second kappa shape index (κ2) is 6.34. The lowest BCUT2D eigenvalue weighted by molar-refractivity contribution is 0.0123. The summed E-state index contributed by atoms with van der Waals surface area (Å²) in [4.78, 5) is 16.9. The monoisotopic (exact) mass is 359 g/mol. The van der Waals surface area contributed by atoms with E-state index in [-0.39, 0.29) is 24.2 Å². The molecule has 3 atom stereocenters. The molecule has 0 aliphatic carbocycles. The Hall–Kier alpha value is -1.95. The fourth-order valence-corrected chi connectivity index (χ4v) is 4.31. The molecule has 3 aliphatic heterocycles. The molecular formula is C20H29N3O3. The number of benzene rings is 1. The van der Waals surface area contributed by atoms with Crippen molar-refractivity contribution in [3.05, 3.63) is 23.8 Å². The zero-order chi connectivity index (χ0) is 18.5. The van der Waals surface area contributed by atoms with E-state index in [0.717, 1.165) is 38.1 Å². The first kappa shape index (κ1) is 17.5. The van der Waals surface area contributed by atoms with Crippen LogP contribution < -0.4 is 15.4 Å². The molecule has 1 aromatic carbocycles. The zero-order valence-corrected chi connectivity index (χ0v) is 15.9. The molecule has 2 bridgehead atoms. The van der Waals surface area contributed by atoms with Gasteiger partial charge in [-0.05, 0) is 51.7 Å². The van der Waals surface area contributed by atoms with E-state index in [1.165, 1.54) is 11.3 Å². The van der Waals surface area contributed by atoms with Crippen molar-refractivity contribution in [3.8, 4) is 5.75 Å². The maximum absolute atomic E-state index is 12.6. The first-order chi connectivity index (χ1) is 12.3. The molecule has 0 saturated carbocycles. The fraction of sp³-hybridized carbons (Fsp3) is 0.650. The summed E-state index contributed by atoms with van der Waals surface area (Å²) in [6.45, 7) is 8.02. The molecule has 0 radical (unpaired) electrons. The summed E-state index contributed by atoms with van der Waals surface area (Å²) in [6.07, 6.45) is 2.77. The van der Waals surface area contributed by atoms with Gasteiger partial charge in [-0.1, -0.05) is 6.07 Å². The Balaban J connectivity index is 1.48. The number of carbonyl (C=O) groups is 1. The van der Waals surface area contributed by atoms with Gasteiger partial charge in [0.05, 0.1) is 12.1 Å². The van der Waals surface area contributed by atoms with Crippen LogP contribution >= 0.6 is 0 Å². The summed E-state index contributed by atoms with van der Waals surface area (Å²) < 4.78 is 11.4. The third-order valence-corrected chi connectivity index (χ3v) is 5.44. The van der Waals surface area contributed by atoms with Gasteiger partial charge in [0.1, 0.15) is 18.0 Å². The molecule has 3 aliphatic rings. The van der Waals surface area contributed by atoms with Crippen molar-refractivity contribution in [1.82, 2.24) is 4.90 Å². The van der Waals surface area contributed by atoms with Gasteiger partial charge in [-0.2, -0.15) is 0 Å². The molecule has 26 heavy (non-hydrogen) atoms. The number of carbonyl (C=O) groups excluding carboxylic acids is 1. The fourth-order valence-electron chi connectivity index (χ4n) is 4.31. The largest absolute Gasteiger partial charge is 0.492 e. The Labute approximate surface area is 155 Å². The molecule has 1 aromatic rings. The molecule has 2 fully saturated rings. The van der Waals surface area contributed by atoms with Gasteiger partial charge in [-0.15, -0.1) is 0 Å². The summed E-state index contributed by atoms with van der Waals surface area (Å²) in [6, 6.07) is 6.93. The molecular weight excluding hydrogens is 330 g/mol. The molecule has 6 nitrogen and oxygen atoms in total. The smallest absolute Gasteiger partial charge is 0.410 e. The Morgan fingerprint density at radius 2 is 1.92 bits per heavy atom. The minimum Gasteiger partial charge on any atom is -0.492 e. The zero-order valence-electron chi connectivity index (χ0n) is 15.9. The summed E-state index contributed by atoms with van der Waals surface area (Å²) in [5.74, 6) is 0.950. The predicted octanol–water partition coefficient (Wildman–Crippen LogP) is 2.54. The van der Waals surface area contributed by atoms with E-state index in [1.54, 1.807) is 0 Å². The van der Waals surface area contributed by atoms with Gasteiger partial charge < -0.3 is 20.1 Å². The lowest BCUT2D eigenvalue weighted by Gasteiger charge is -2.42. The minimum absolute atomic E-state index is 0.0848.